The van der Waals surface area contributed by atoms with Crippen molar-refractivity contribution in [1.29, 1.82) is 0 Å². The van der Waals surface area contributed by atoms with Gasteiger partial charge < -0.3 is 19.7 Å². The first-order valence-electron chi connectivity index (χ1n) is 7.04. The third kappa shape index (κ3) is 4.06. The standard InChI is InChI=1S/C17H17FO5/c1-2-22-10-23-14-5-3-4-13(18)15(14)16(19)11-6-8-12(9-7-11)17(20)21/h3-9,16,19H,2,10H2,1H3,(H,20,21). The summed E-state index contributed by atoms with van der Waals surface area (Å²) in [4.78, 5) is 10.9. The van der Waals surface area contributed by atoms with Crippen LogP contribution in [0.15, 0.2) is 42.5 Å². The Morgan fingerprint density at radius 3 is 2.52 bits per heavy atom. The first kappa shape index (κ1) is 16.9. The lowest BCUT2D eigenvalue weighted by atomic mass is 9.99. The molecule has 1 atom stereocenters. The highest BCUT2D eigenvalue weighted by Crippen LogP contribution is 2.32. The largest absolute Gasteiger partial charge is 0.478 e. The number of benzene rings is 2. The molecule has 0 aromatic heterocycles. The molecule has 0 spiro atoms. The number of hydrogen-bond donors (Lipinski definition) is 2. The molecule has 0 amide bonds. The van der Waals surface area contributed by atoms with Crippen molar-refractivity contribution in [3.63, 3.8) is 0 Å². The predicted octanol–water partition coefficient (Wildman–Crippen LogP) is 2.98. The van der Waals surface area contributed by atoms with Crippen molar-refractivity contribution in [2.75, 3.05) is 13.4 Å². The van der Waals surface area contributed by atoms with Gasteiger partial charge >= 0.3 is 5.97 Å². The number of aliphatic hydroxyl groups is 1. The van der Waals surface area contributed by atoms with E-state index >= 15 is 0 Å². The minimum absolute atomic E-state index is 0.0183. The Hall–Kier alpha value is -2.44. The van der Waals surface area contributed by atoms with E-state index in [-0.39, 0.29) is 23.7 Å². The highest BCUT2D eigenvalue weighted by atomic mass is 19.1. The number of halogens is 1. The predicted molar refractivity (Wildman–Crippen MR) is 81.0 cm³/mol. The van der Waals surface area contributed by atoms with E-state index in [9.17, 15) is 14.3 Å². The zero-order chi connectivity index (χ0) is 16.8. The summed E-state index contributed by atoms with van der Waals surface area (Å²) in [6.07, 6.45) is -1.28. The molecule has 0 radical (unpaired) electrons. The van der Waals surface area contributed by atoms with Gasteiger partial charge in [-0.1, -0.05) is 18.2 Å². The highest BCUT2D eigenvalue weighted by Gasteiger charge is 2.20. The minimum atomic E-state index is -1.28. The van der Waals surface area contributed by atoms with Gasteiger partial charge in [-0.25, -0.2) is 9.18 Å². The Bertz CT molecular complexity index is 669. The number of rotatable bonds is 7. The van der Waals surface area contributed by atoms with Crippen LogP contribution in [0.5, 0.6) is 5.75 Å². The van der Waals surface area contributed by atoms with Gasteiger partial charge in [0.1, 0.15) is 17.7 Å². The summed E-state index contributed by atoms with van der Waals surface area (Å²) in [5, 5.41) is 19.3. The minimum Gasteiger partial charge on any atom is -0.478 e. The fraction of sp³-hybridized carbons (Fsp3) is 0.235. The van der Waals surface area contributed by atoms with E-state index < -0.39 is 17.9 Å². The van der Waals surface area contributed by atoms with Crippen LogP contribution in [0.3, 0.4) is 0 Å². The van der Waals surface area contributed by atoms with Crippen molar-refractivity contribution in [3.05, 3.63) is 65.0 Å². The van der Waals surface area contributed by atoms with Crippen LogP contribution in [0.4, 0.5) is 4.39 Å². The zero-order valence-electron chi connectivity index (χ0n) is 12.5. The third-order valence-electron chi connectivity index (χ3n) is 3.26. The first-order valence-corrected chi connectivity index (χ1v) is 7.04. The second-order valence-corrected chi connectivity index (χ2v) is 4.74. The lowest BCUT2D eigenvalue weighted by molar-refractivity contribution is 0.0204. The van der Waals surface area contributed by atoms with Crippen molar-refractivity contribution >= 4 is 5.97 Å². The molecular weight excluding hydrogens is 303 g/mol. The summed E-state index contributed by atoms with van der Waals surface area (Å²) in [5.41, 5.74) is 0.430. The van der Waals surface area contributed by atoms with Gasteiger partial charge in [0.15, 0.2) is 6.79 Å². The van der Waals surface area contributed by atoms with Gasteiger partial charge in [0, 0.05) is 6.61 Å². The molecule has 122 valence electrons. The number of carboxylic acid groups (broad SMARTS) is 1. The Morgan fingerprint density at radius 2 is 1.91 bits per heavy atom. The topological polar surface area (TPSA) is 76.0 Å². The van der Waals surface area contributed by atoms with Gasteiger partial charge in [0.05, 0.1) is 11.1 Å². The van der Waals surface area contributed by atoms with Crippen molar-refractivity contribution in [2.24, 2.45) is 0 Å². The number of aliphatic hydroxyl groups excluding tert-OH is 1. The average molecular weight is 320 g/mol. The maximum Gasteiger partial charge on any atom is 0.335 e. The van der Waals surface area contributed by atoms with Gasteiger partial charge in [0.2, 0.25) is 0 Å². The van der Waals surface area contributed by atoms with Gasteiger partial charge in [-0.05, 0) is 36.8 Å². The molecule has 0 bridgehead atoms. The molecule has 0 aliphatic carbocycles. The van der Waals surface area contributed by atoms with Crippen LogP contribution >= 0.6 is 0 Å². The maximum absolute atomic E-state index is 14.1. The van der Waals surface area contributed by atoms with Gasteiger partial charge in [-0.2, -0.15) is 0 Å². The molecule has 2 rings (SSSR count). The lowest BCUT2D eigenvalue weighted by Crippen LogP contribution is -2.09. The normalized spacial score (nSPS) is 12.0. The fourth-order valence-electron chi connectivity index (χ4n) is 2.07. The number of ether oxygens (including phenoxy) is 2. The molecule has 0 heterocycles. The zero-order valence-corrected chi connectivity index (χ0v) is 12.5. The van der Waals surface area contributed by atoms with Gasteiger partial charge in [-0.3, -0.25) is 0 Å². The van der Waals surface area contributed by atoms with Gasteiger partial charge in [-0.15, -0.1) is 0 Å². The van der Waals surface area contributed by atoms with E-state index in [2.05, 4.69) is 0 Å². The fourth-order valence-corrected chi connectivity index (χ4v) is 2.07. The molecule has 0 fully saturated rings. The molecule has 5 nitrogen and oxygen atoms in total. The summed E-state index contributed by atoms with van der Waals surface area (Å²) in [5.74, 6) is -1.51. The maximum atomic E-state index is 14.1. The molecule has 2 N–H and O–H groups in total. The number of aromatic carboxylic acids is 1. The van der Waals surface area contributed by atoms with E-state index in [0.29, 0.717) is 12.2 Å². The Kier molecular flexibility index (Phi) is 5.67. The Balaban J connectivity index is 2.30. The Labute approximate surface area is 132 Å². The Morgan fingerprint density at radius 1 is 1.22 bits per heavy atom. The van der Waals surface area contributed by atoms with Crippen molar-refractivity contribution in [3.8, 4) is 5.75 Å². The van der Waals surface area contributed by atoms with Crippen LogP contribution in [0.1, 0.15) is 34.5 Å². The number of hydrogen-bond acceptors (Lipinski definition) is 4. The molecule has 23 heavy (non-hydrogen) atoms. The summed E-state index contributed by atoms with van der Waals surface area (Å²) >= 11 is 0. The molecule has 0 saturated heterocycles. The molecular formula is C17H17FO5. The van der Waals surface area contributed by atoms with Crippen molar-refractivity contribution in [1.82, 2.24) is 0 Å². The smallest absolute Gasteiger partial charge is 0.335 e. The van der Waals surface area contributed by atoms with E-state index in [1.165, 1.54) is 42.5 Å². The molecule has 0 aliphatic heterocycles. The second kappa shape index (κ2) is 7.71. The van der Waals surface area contributed by atoms with E-state index in [4.69, 9.17) is 14.6 Å². The summed E-state index contributed by atoms with van der Waals surface area (Å²) in [7, 11) is 0. The molecule has 2 aromatic rings. The van der Waals surface area contributed by atoms with Crippen LogP contribution in [-0.4, -0.2) is 29.6 Å². The van der Waals surface area contributed by atoms with Crippen molar-refractivity contribution < 1.29 is 28.9 Å². The second-order valence-electron chi connectivity index (χ2n) is 4.74. The first-order chi connectivity index (χ1) is 11.0. The highest BCUT2D eigenvalue weighted by molar-refractivity contribution is 5.87. The van der Waals surface area contributed by atoms with Crippen LogP contribution in [-0.2, 0) is 4.74 Å². The number of carboxylic acids is 1. The SMILES string of the molecule is CCOCOc1cccc(F)c1C(O)c1ccc(C(=O)O)cc1. The number of carbonyl (C=O) groups is 1. The lowest BCUT2D eigenvalue weighted by Gasteiger charge is -2.17. The monoisotopic (exact) mass is 320 g/mol. The van der Waals surface area contributed by atoms with E-state index in [1.807, 2.05) is 0 Å². The molecule has 1 unspecified atom stereocenters. The quantitative estimate of drug-likeness (QED) is 0.606. The van der Waals surface area contributed by atoms with Crippen LogP contribution in [0.25, 0.3) is 0 Å². The van der Waals surface area contributed by atoms with Crippen LogP contribution in [0.2, 0.25) is 0 Å². The molecule has 2 aromatic carbocycles. The third-order valence-corrected chi connectivity index (χ3v) is 3.26. The summed E-state index contributed by atoms with van der Waals surface area (Å²) < 4.78 is 24.5. The molecule has 0 aliphatic rings. The van der Waals surface area contributed by atoms with Gasteiger partial charge in [0.25, 0.3) is 0 Å². The summed E-state index contributed by atoms with van der Waals surface area (Å²) in [6.45, 7) is 2.19. The van der Waals surface area contributed by atoms with E-state index in [0.717, 1.165) is 0 Å². The molecule has 0 saturated carbocycles. The van der Waals surface area contributed by atoms with E-state index in [1.54, 1.807) is 6.92 Å². The van der Waals surface area contributed by atoms with Crippen LogP contribution in [0, 0.1) is 5.82 Å². The average Bonchev–Trinajstić information content (AvgIpc) is 2.55. The van der Waals surface area contributed by atoms with Crippen LogP contribution < -0.4 is 4.74 Å². The molecule has 6 heteroatoms. The van der Waals surface area contributed by atoms with Crippen molar-refractivity contribution in [2.45, 2.75) is 13.0 Å². The summed E-state index contributed by atoms with van der Waals surface area (Å²) in [6, 6.07) is 9.80.